The molecule has 7 heteroatoms. The normalized spacial score (nSPS) is 17.8. The van der Waals surface area contributed by atoms with Gasteiger partial charge in [-0.3, -0.25) is 4.79 Å². The van der Waals surface area contributed by atoms with E-state index in [2.05, 4.69) is 202 Å². The van der Waals surface area contributed by atoms with Gasteiger partial charge in [-0.15, -0.1) is 0 Å². The summed E-state index contributed by atoms with van der Waals surface area (Å²) in [6.07, 6.45) is 5.45. The highest BCUT2D eigenvalue weighted by atomic mass is 16.1. The Balaban J connectivity index is 1.19. The standard InChI is InChI=1S/C59H48N6O/c66-57(51-49-31-17-35-60-58(49)64(47-27-9-3-10-28-47)53(43-21-5-1-6-22-43)55(51)62-37-33-41-19-13-15-25-45(41)39-62)52-50-32-18-36-61-59(50)65(48-29-11-4-12-30-48)54(44-23-7-2-8-24-44)56(52)63-38-34-42-20-14-16-26-46(42)40-63/h1-32,35-36,53-54H,33-34,37-40H2. The van der Waals surface area contributed by atoms with Crippen molar-refractivity contribution in [3.8, 4) is 0 Å². The Morgan fingerprint density at radius 1 is 0.409 bits per heavy atom. The van der Waals surface area contributed by atoms with Crippen LogP contribution in [0.1, 0.15) is 56.6 Å². The minimum atomic E-state index is -0.381. The van der Waals surface area contributed by atoms with E-state index < -0.39 is 0 Å². The van der Waals surface area contributed by atoms with Crippen LogP contribution in [0.15, 0.2) is 218 Å². The first-order valence-electron chi connectivity index (χ1n) is 23.1. The first kappa shape index (κ1) is 39.6. The molecule has 2 unspecified atom stereocenters. The Morgan fingerprint density at radius 3 is 1.18 bits per heavy atom. The highest BCUT2D eigenvalue weighted by molar-refractivity contribution is 6.45. The lowest BCUT2D eigenvalue weighted by Crippen LogP contribution is -2.43. The highest BCUT2D eigenvalue weighted by Gasteiger charge is 2.46. The molecule has 0 saturated carbocycles. The molecule has 12 rings (SSSR count). The van der Waals surface area contributed by atoms with Crippen LogP contribution in [-0.2, 0) is 30.7 Å². The molecule has 0 aliphatic carbocycles. The van der Waals surface area contributed by atoms with Crippen LogP contribution in [0, 0.1) is 0 Å². The average molecular weight is 857 g/mol. The summed E-state index contributed by atoms with van der Waals surface area (Å²) in [6.45, 7) is 2.86. The fourth-order valence-electron chi connectivity index (χ4n) is 10.9. The van der Waals surface area contributed by atoms with Gasteiger partial charge in [0.25, 0.3) is 0 Å². The van der Waals surface area contributed by atoms with Crippen LogP contribution >= 0.6 is 0 Å². The van der Waals surface area contributed by atoms with Crippen LogP contribution in [-0.4, -0.2) is 38.6 Å². The van der Waals surface area contributed by atoms with E-state index in [4.69, 9.17) is 9.97 Å². The third-order valence-electron chi connectivity index (χ3n) is 13.8. The van der Waals surface area contributed by atoms with Crippen molar-refractivity contribution in [2.75, 3.05) is 22.9 Å². The summed E-state index contributed by atoms with van der Waals surface area (Å²) in [5.41, 5.74) is 14.4. The second-order valence-electron chi connectivity index (χ2n) is 17.5. The van der Waals surface area contributed by atoms with E-state index in [0.29, 0.717) is 24.2 Å². The first-order valence-corrected chi connectivity index (χ1v) is 23.1. The SMILES string of the molecule is O=C(C1=C(N2CCc3ccccc3C2)C(c2ccccc2)N(c2ccccc2)c2ncccc21)C1=C(N2CCc3ccccc3C2)C(c2ccccc2)N(c2ccccc2)c2ncccc21. The Bertz CT molecular complexity index is 2940. The lowest BCUT2D eigenvalue weighted by molar-refractivity contribution is -0.109. The maximum absolute atomic E-state index is 17.3. The number of anilines is 4. The molecule has 4 aliphatic rings. The van der Waals surface area contributed by atoms with Gasteiger partial charge in [-0.1, -0.05) is 146 Å². The van der Waals surface area contributed by atoms with Gasteiger partial charge in [0.1, 0.15) is 23.7 Å². The smallest absolute Gasteiger partial charge is 0.198 e. The molecule has 6 heterocycles. The van der Waals surface area contributed by atoms with Crippen LogP contribution in [0.5, 0.6) is 0 Å². The summed E-state index contributed by atoms with van der Waals surface area (Å²) < 4.78 is 0. The largest absolute Gasteiger partial charge is 0.368 e. The third-order valence-corrected chi connectivity index (χ3v) is 13.8. The van der Waals surface area contributed by atoms with Crippen molar-refractivity contribution in [1.82, 2.24) is 19.8 Å². The predicted octanol–water partition coefficient (Wildman–Crippen LogP) is 12.1. The van der Waals surface area contributed by atoms with Gasteiger partial charge in [0.2, 0.25) is 0 Å². The first-order chi connectivity index (χ1) is 32.7. The number of carbonyl (C=O) groups excluding carboxylic acids is 1. The molecular formula is C59H48N6O. The molecule has 8 aromatic rings. The molecule has 0 spiro atoms. The number of ketones is 1. The minimum absolute atomic E-state index is 0.0245. The second-order valence-corrected chi connectivity index (χ2v) is 17.5. The van der Waals surface area contributed by atoms with Gasteiger partial charge in [0.15, 0.2) is 5.78 Å². The Kier molecular flexibility index (Phi) is 10.1. The van der Waals surface area contributed by atoms with Gasteiger partial charge >= 0.3 is 0 Å². The molecule has 7 nitrogen and oxygen atoms in total. The van der Waals surface area contributed by atoms with Gasteiger partial charge in [0, 0.05) is 61.1 Å². The van der Waals surface area contributed by atoms with Crippen molar-refractivity contribution in [2.24, 2.45) is 0 Å². The van der Waals surface area contributed by atoms with Crippen molar-refractivity contribution in [1.29, 1.82) is 0 Å². The molecule has 0 bridgehead atoms. The van der Waals surface area contributed by atoms with Crippen molar-refractivity contribution in [2.45, 2.75) is 38.0 Å². The Morgan fingerprint density at radius 2 is 0.773 bits per heavy atom. The highest BCUT2D eigenvalue weighted by Crippen LogP contribution is 2.55. The zero-order valence-corrected chi connectivity index (χ0v) is 36.6. The Labute approximate surface area is 386 Å². The van der Waals surface area contributed by atoms with Crippen LogP contribution in [0.3, 0.4) is 0 Å². The molecule has 0 N–H and O–H groups in total. The summed E-state index contributed by atoms with van der Waals surface area (Å²) in [6, 6.07) is 67.4. The van der Waals surface area contributed by atoms with Gasteiger partial charge in [-0.2, -0.15) is 0 Å². The molecule has 0 saturated heterocycles. The van der Waals surface area contributed by atoms with Crippen LogP contribution in [0.2, 0.25) is 0 Å². The summed E-state index contributed by atoms with van der Waals surface area (Å²) in [4.78, 5) is 37.4. The molecule has 0 amide bonds. The van der Waals surface area contributed by atoms with Crippen molar-refractivity contribution in [3.63, 3.8) is 0 Å². The number of para-hydroxylation sites is 2. The molecule has 66 heavy (non-hydrogen) atoms. The summed E-state index contributed by atoms with van der Waals surface area (Å²) in [5.74, 6) is 1.48. The van der Waals surface area contributed by atoms with Crippen LogP contribution < -0.4 is 9.80 Å². The number of rotatable bonds is 8. The zero-order chi connectivity index (χ0) is 44.0. The van der Waals surface area contributed by atoms with Crippen molar-refractivity contribution < 1.29 is 4.79 Å². The van der Waals surface area contributed by atoms with E-state index in [1.54, 1.807) is 0 Å². The zero-order valence-electron chi connectivity index (χ0n) is 36.6. The number of benzene rings is 6. The van der Waals surface area contributed by atoms with Crippen molar-refractivity contribution >= 4 is 39.9 Å². The van der Waals surface area contributed by atoms with Crippen LogP contribution in [0.4, 0.5) is 23.0 Å². The topological polar surface area (TPSA) is 55.8 Å². The van der Waals surface area contributed by atoms with E-state index in [1.807, 2.05) is 24.5 Å². The van der Waals surface area contributed by atoms with E-state index in [9.17, 15) is 0 Å². The second kappa shape index (κ2) is 16.8. The molecular weight excluding hydrogens is 809 g/mol. The summed E-state index contributed by atoms with van der Waals surface area (Å²) in [5, 5.41) is 0. The lowest BCUT2D eigenvalue weighted by Gasteiger charge is -2.47. The molecule has 6 aromatic carbocycles. The molecule has 0 radical (unpaired) electrons. The van der Waals surface area contributed by atoms with E-state index >= 15 is 4.79 Å². The number of carbonyl (C=O) groups is 1. The van der Waals surface area contributed by atoms with Gasteiger partial charge < -0.3 is 19.6 Å². The molecule has 2 aromatic heterocycles. The lowest BCUT2D eigenvalue weighted by atomic mass is 9.79. The number of hydrogen-bond acceptors (Lipinski definition) is 7. The van der Waals surface area contributed by atoms with Crippen LogP contribution in [0.25, 0.3) is 11.1 Å². The number of pyridine rings is 2. The number of nitrogens with zero attached hydrogens (tertiary/aromatic N) is 6. The van der Waals surface area contributed by atoms with E-state index in [-0.39, 0.29) is 17.9 Å². The van der Waals surface area contributed by atoms with Crippen molar-refractivity contribution in [3.05, 3.63) is 262 Å². The maximum atomic E-state index is 17.3. The third kappa shape index (κ3) is 6.78. The van der Waals surface area contributed by atoms with E-state index in [1.165, 1.54) is 22.3 Å². The quantitative estimate of drug-likeness (QED) is 0.151. The average Bonchev–Trinajstić information content (AvgIpc) is 3.40. The summed E-state index contributed by atoms with van der Waals surface area (Å²) in [7, 11) is 0. The van der Waals surface area contributed by atoms with Gasteiger partial charge in [0.05, 0.1) is 22.5 Å². The number of Topliss-reactive ketones (excluding diaryl/α,β-unsaturated/α-hetero) is 1. The Hall–Kier alpha value is -8.03. The molecule has 0 fully saturated rings. The molecule has 2 atom stereocenters. The van der Waals surface area contributed by atoms with E-state index in [0.717, 1.165) is 82.6 Å². The number of hydrogen-bond donors (Lipinski definition) is 0. The molecule has 320 valence electrons. The fraction of sp³-hybridized carbons (Fsp3) is 0.136. The number of aromatic nitrogens is 2. The van der Waals surface area contributed by atoms with Gasteiger partial charge in [-0.25, -0.2) is 9.97 Å². The maximum Gasteiger partial charge on any atom is 0.198 e. The summed E-state index contributed by atoms with van der Waals surface area (Å²) >= 11 is 0. The minimum Gasteiger partial charge on any atom is -0.368 e. The van der Waals surface area contributed by atoms with Gasteiger partial charge in [-0.05, 0) is 94.8 Å². The monoisotopic (exact) mass is 856 g/mol. The number of fused-ring (bicyclic) bond motifs is 4. The predicted molar refractivity (Wildman–Crippen MR) is 264 cm³/mol. The fourth-order valence-corrected chi connectivity index (χ4v) is 10.9. The molecule has 4 aliphatic heterocycles. The number of allylic oxidation sites excluding steroid dienone is 2.